The van der Waals surface area contributed by atoms with Gasteiger partial charge in [0.1, 0.15) is 0 Å². The summed E-state index contributed by atoms with van der Waals surface area (Å²) in [6, 6.07) is 1.70. The van der Waals surface area contributed by atoms with Crippen molar-refractivity contribution in [1.29, 1.82) is 0 Å². The second-order valence-corrected chi connectivity index (χ2v) is 7.11. The Labute approximate surface area is 118 Å². The highest BCUT2D eigenvalue weighted by Crippen LogP contribution is 2.30. The molecule has 5 heteroatoms. The van der Waals surface area contributed by atoms with Gasteiger partial charge in [0, 0.05) is 55.9 Å². The fraction of sp³-hybridized carbons (Fsp3) is 0.786. The van der Waals surface area contributed by atoms with Crippen LogP contribution in [0.4, 0.5) is 5.13 Å². The molecule has 1 saturated heterocycles. The average Bonchev–Trinajstić information content (AvgIpc) is 3.36. The third-order valence-corrected chi connectivity index (χ3v) is 5.39. The van der Waals surface area contributed by atoms with Gasteiger partial charge in [0.25, 0.3) is 0 Å². The summed E-state index contributed by atoms with van der Waals surface area (Å²) in [6.45, 7) is 5.75. The molecular weight excluding hydrogens is 256 g/mol. The molecule has 0 unspecified atom stereocenters. The van der Waals surface area contributed by atoms with Gasteiger partial charge in [-0.15, -0.1) is 11.3 Å². The number of thiazole rings is 1. The fourth-order valence-electron chi connectivity index (χ4n) is 2.78. The van der Waals surface area contributed by atoms with Gasteiger partial charge in [-0.05, 0) is 25.7 Å². The van der Waals surface area contributed by atoms with Crippen LogP contribution in [-0.4, -0.2) is 48.1 Å². The average molecular weight is 278 g/mol. The van der Waals surface area contributed by atoms with Crippen molar-refractivity contribution in [2.24, 2.45) is 0 Å². The first kappa shape index (κ1) is 12.1. The van der Waals surface area contributed by atoms with Crippen LogP contribution >= 0.6 is 11.3 Å². The Morgan fingerprint density at radius 2 is 1.95 bits per heavy atom. The minimum absolute atomic E-state index is 0.785. The van der Waals surface area contributed by atoms with Gasteiger partial charge in [-0.3, -0.25) is 4.90 Å². The highest BCUT2D eigenvalue weighted by molar-refractivity contribution is 7.15. The van der Waals surface area contributed by atoms with E-state index in [0.29, 0.717) is 0 Å². The molecule has 0 aromatic carbocycles. The van der Waals surface area contributed by atoms with Crippen molar-refractivity contribution in [2.75, 3.05) is 31.1 Å². The van der Waals surface area contributed by atoms with E-state index in [-0.39, 0.29) is 0 Å². The van der Waals surface area contributed by atoms with Crippen LogP contribution in [-0.2, 0) is 6.54 Å². The van der Waals surface area contributed by atoms with Gasteiger partial charge in [-0.25, -0.2) is 4.98 Å². The van der Waals surface area contributed by atoms with Crippen molar-refractivity contribution in [2.45, 2.75) is 44.3 Å². The largest absolute Gasteiger partial charge is 0.346 e. The van der Waals surface area contributed by atoms with Crippen LogP contribution in [0.15, 0.2) is 6.20 Å². The molecule has 2 saturated carbocycles. The summed E-state index contributed by atoms with van der Waals surface area (Å²) >= 11 is 1.87. The summed E-state index contributed by atoms with van der Waals surface area (Å²) < 4.78 is 0. The Balaban J connectivity index is 1.31. The molecule has 1 aromatic heterocycles. The fourth-order valence-corrected chi connectivity index (χ4v) is 3.69. The lowest BCUT2D eigenvalue weighted by Gasteiger charge is -2.34. The quantitative estimate of drug-likeness (QED) is 0.888. The van der Waals surface area contributed by atoms with Crippen LogP contribution in [0.2, 0.25) is 0 Å². The van der Waals surface area contributed by atoms with E-state index in [4.69, 9.17) is 0 Å². The van der Waals surface area contributed by atoms with Gasteiger partial charge in [0.15, 0.2) is 5.13 Å². The molecule has 4 rings (SSSR count). The standard InChI is InChI=1S/C14H22N4S/c1-2-11(1)15-9-13-10-16-14(19-13)18-7-5-17(6-8-18)12-3-4-12/h10-12,15H,1-9H2. The minimum atomic E-state index is 0.785. The third kappa shape index (κ3) is 2.93. The van der Waals surface area contributed by atoms with Crippen molar-refractivity contribution in [1.82, 2.24) is 15.2 Å². The van der Waals surface area contributed by atoms with Gasteiger partial charge in [-0.2, -0.15) is 0 Å². The summed E-state index contributed by atoms with van der Waals surface area (Å²) in [4.78, 5) is 11.1. The summed E-state index contributed by atoms with van der Waals surface area (Å²) in [5.41, 5.74) is 0. The SMILES string of the molecule is c1nc(N2CCN(C3CC3)CC2)sc1CNC1CC1. The Kier molecular flexibility index (Phi) is 3.21. The zero-order chi connectivity index (χ0) is 12.7. The lowest BCUT2D eigenvalue weighted by molar-refractivity contribution is 0.248. The van der Waals surface area contributed by atoms with Crippen LogP contribution in [0.1, 0.15) is 30.6 Å². The minimum Gasteiger partial charge on any atom is -0.346 e. The maximum absolute atomic E-state index is 4.61. The van der Waals surface area contributed by atoms with Gasteiger partial charge in [0.2, 0.25) is 0 Å². The number of hydrogen-bond acceptors (Lipinski definition) is 5. The number of aromatic nitrogens is 1. The van der Waals surface area contributed by atoms with E-state index in [1.165, 1.54) is 48.8 Å². The Morgan fingerprint density at radius 3 is 2.63 bits per heavy atom. The van der Waals surface area contributed by atoms with Crippen molar-refractivity contribution < 1.29 is 0 Å². The second kappa shape index (κ2) is 5.04. The smallest absolute Gasteiger partial charge is 0.185 e. The molecule has 4 nitrogen and oxygen atoms in total. The molecule has 1 aromatic rings. The summed E-state index contributed by atoms with van der Waals surface area (Å²) in [5.74, 6) is 0. The van der Waals surface area contributed by atoms with Crippen LogP contribution < -0.4 is 10.2 Å². The number of nitrogens with one attached hydrogen (secondary N) is 1. The summed E-state index contributed by atoms with van der Waals surface area (Å²) in [5, 5.41) is 4.79. The molecule has 0 atom stereocenters. The molecule has 3 aliphatic rings. The molecule has 2 aliphatic carbocycles. The Morgan fingerprint density at radius 1 is 1.16 bits per heavy atom. The topological polar surface area (TPSA) is 31.4 Å². The van der Waals surface area contributed by atoms with Crippen LogP contribution in [0.5, 0.6) is 0 Å². The summed E-state index contributed by atoms with van der Waals surface area (Å²) in [7, 11) is 0. The normalized spacial score (nSPS) is 24.9. The van der Waals surface area contributed by atoms with E-state index < -0.39 is 0 Å². The molecule has 1 N–H and O–H groups in total. The molecular formula is C14H22N4S. The molecule has 0 bridgehead atoms. The number of rotatable bonds is 5. The number of anilines is 1. The molecule has 1 aliphatic heterocycles. The molecule has 3 fully saturated rings. The van der Waals surface area contributed by atoms with Gasteiger partial charge >= 0.3 is 0 Å². The first-order valence-electron chi connectivity index (χ1n) is 7.55. The molecule has 0 amide bonds. The summed E-state index contributed by atoms with van der Waals surface area (Å²) in [6.07, 6.45) is 7.62. The highest BCUT2D eigenvalue weighted by Gasteiger charge is 2.31. The number of piperazine rings is 1. The monoisotopic (exact) mass is 278 g/mol. The zero-order valence-corrected chi connectivity index (χ0v) is 12.2. The van der Waals surface area contributed by atoms with E-state index in [2.05, 4.69) is 26.3 Å². The van der Waals surface area contributed by atoms with Crippen molar-refractivity contribution in [3.63, 3.8) is 0 Å². The second-order valence-electron chi connectivity index (χ2n) is 6.02. The van der Waals surface area contributed by atoms with Crippen molar-refractivity contribution >= 4 is 16.5 Å². The van der Waals surface area contributed by atoms with E-state index in [1.807, 2.05) is 11.3 Å². The van der Waals surface area contributed by atoms with Crippen LogP contribution in [0.3, 0.4) is 0 Å². The van der Waals surface area contributed by atoms with Crippen molar-refractivity contribution in [3.05, 3.63) is 11.1 Å². The lowest BCUT2D eigenvalue weighted by atomic mass is 10.3. The van der Waals surface area contributed by atoms with E-state index in [1.54, 1.807) is 0 Å². The molecule has 2 heterocycles. The van der Waals surface area contributed by atoms with E-state index in [9.17, 15) is 0 Å². The Bertz CT molecular complexity index is 430. The predicted octanol–water partition coefficient (Wildman–Crippen LogP) is 1.68. The third-order valence-electron chi connectivity index (χ3n) is 4.33. The van der Waals surface area contributed by atoms with Gasteiger partial charge in [0.05, 0.1) is 0 Å². The molecule has 0 radical (unpaired) electrons. The van der Waals surface area contributed by atoms with E-state index >= 15 is 0 Å². The van der Waals surface area contributed by atoms with Gasteiger partial charge < -0.3 is 10.2 Å². The maximum Gasteiger partial charge on any atom is 0.185 e. The number of hydrogen-bond donors (Lipinski definition) is 1. The highest BCUT2D eigenvalue weighted by atomic mass is 32.1. The predicted molar refractivity (Wildman–Crippen MR) is 78.8 cm³/mol. The first-order valence-corrected chi connectivity index (χ1v) is 8.37. The first-order chi connectivity index (χ1) is 9.38. The molecule has 19 heavy (non-hydrogen) atoms. The lowest BCUT2D eigenvalue weighted by Crippen LogP contribution is -2.47. The van der Waals surface area contributed by atoms with Crippen LogP contribution in [0, 0.1) is 0 Å². The maximum atomic E-state index is 4.61. The Hall–Kier alpha value is -0.650. The van der Waals surface area contributed by atoms with Gasteiger partial charge in [-0.1, -0.05) is 0 Å². The van der Waals surface area contributed by atoms with E-state index in [0.717, 1.165) is 31.7 Å². The number of nitrogens with zero attached hydrogens (tertiary/aromatic N) is 3. The molecule has 0 spiro atoms. The molecule has 104 valence electrons. The van der Waals surface area contributed by atoms with Crippen molar-refractivity contribution in [3.8, 4) is 0 Å². The zero-order valence-electron chi connectivity index (χ0n) is 11.3. The van der Waals surface area contributed by atoms with Crippen LogP contribution in [0.25, 0.3) is 0 Å².